The molecule has 0 radical (unpaired) electrons. The Hall–Kier alpha value is -4.31. The SMILES string of the molecule is CC/C=C\C/C=C\C/C=C\C/C=C\C/C=C\CCCCCC(=O)OCC(O)COP(=O)(O)OCC(O)COP(=O)(O)OCC(COC(=O)CCC/C=C\C/C=C\C/C=C\C/C=C\C/C=C\CC)OC(=O)CCCCCCC/C=C\CCCC. The zero-order valence-electron chi connectivity index (χ0n) is 50.6. The minimum atomic E-state index is -4.94. The maximum atomic E-state index is 12.8. The summed E-state index contributed by atoms with van der Waals surface area (Å²) < 4.78 is 60.5. The van der Waals surface area contributed by atoms with Gasteiger partial charge >= 0.3 is 33.6 Å². The van der Waals surface area contributed by atoms with Crippen molar-refractivity contribution in [3.05, 3.63) is 134 Å². The summed E-state index contributed by atoms with van der Waals surface area (Å²) in [7, 11) is -9.80. The first-order chi connectivity index (χ1) is 40.2. The van der Waals surface area contributed by atoms with Crippen molar-refractivity contribution in [2.24, 2.45) is 0 Å². The second-order valence-electron chi connectivity index (χ2n) is 19.7. The summed E-state index contributed by atoms with van der Waals surface area (Å²) >= 11 is 0. The molecule has 5 unspecified atom stereocenters. The first-order valence-corrected chi connectivity index (χ1v) is 33.5. The molecule has 18 heteroatoms. The van der Waals surface area contributed by atoms with Gasteiger partial charge in [-0.1, -0.05) is 193 Å². The van der Waals surface area contributed by atoms with Crippen LogP contribution < -0.4 is 0 Å². The Balaban J connectivity index is 4.73. The molecule has 472 valence electrons. The van der Waals surface area contributed by atoms with Crippen LogP contribution in [0.1, 0.15) is 201 Å². The number of allylic oxidation sites excluding steroid dienone is 22. The molecular formula is C65H106O16P2. The normalized spacial score (nSPS) is 15.3. The average Bonchev–Trinajstić information content (AvgIpc) is 3.47. The van der Waals surface area contributed by atoms with E-state index in [2.05, 4.69) is 142 Å². The molecule has 83 heavy (non-hydrogen) atoms. The molecule has 0 heterocycles. The third-order valence-corrected chi connectivity index (χ3v) is 13.7. The predicted octanol–water partition coefficient (Wildman–Crippen LogP) is 16.1. The maximum absolute atomic E-state index is 12.8. The number of ether oxygens (including phenoxy) is 3. The van der Waals surface area contributed by atoms with Gasteiger partial charge in [-0.15, -0.1) is 0 Å². The molecule has 0 aliphatic carbocycles. The molecule has 0 aromatic carbocycles. The number of unbranched alkanes of at least 4 members (excludes halogenated alkanes) is 11. The van der Waals surface area contributed by atoms with Crippen LogP contribution >= 0.6 is 15.6 Å². The van der Waals surface area contributed by atoms with E-state index in [-0.39, 0.29) is 19.3 Å². The van der Waals surface area contributed by atoms with Crippen LogP contribution in [0, 0.1) is 0 Å². The van der Waals surface area contributed by atoms with E-state index in [0.717, 1.165) is 122 Å². The first kappa shape index (κ1) is 78.7. The zero-order chi connectivity index (χ0) is 61.0. The van der Waals surface area contributed by atoms with Crippen LogP contribution in [0.4, 0.5) is 0 Å². The molecule has 0 aliphatic heterocycles. The summed E-state index contributed by atoms with van der Waals surface area (Å²) in [5.74, 6) is -1.70. The van der Waals surface area contributed by atoms with Crippen LogP contribution in [-0.2, 0) is 55.8 Å². The molecule has 0 aromatic rings. The van der Waals surface area contributed by atoms with Gasteiger partial charge in [0.1, 0.15) is 25.4 Å². The largest absolute Gasteiger partial charge is 0.472 e. The summed E-state index contributed by atoms with van der Waals surface area (Å²) in [6.45, 7) is 2.22. The van der Waals surface area contributed by atoms with Crippen molar-refractivity contribution in [1.82, 2.24) is 0 Å². The number of carbonyl (C=O) groups excluding carboxylic acids is 3. The molecule has 0 spiro atoms. The van der Waals surface area contributed by atoms with Crippen molar-refractivity contribution in [2.45, 2.75) is 219 Å². The van der Waals surface area contributed by atoms with Gasteiger partial charge in [-0.3, -0.25) is 32.5 Å². The molecular weight excluding hydrogens is 1100 g/mol. The number of hydrogen-bond acceptors (Lipinski definition) is 14. The van der Waals surface area contributed by atoms with Gasteiger partial charge < -0.3 is 34.2 Å². The Bertz CT molecular complexity index is 2050. The predicted molar refractivity (Wildman–Crippen MR) is 334 cm³/mol. The van der Waals surface area contributed by atoms with Crippen molar-refractivity contribution in [3.8, 4) is 0 Å². The summed E-state index contributed by atoms with van der Waals surface area (Å²) in [5, 5.41) is 20.5. The standard InChI is InChI=1S/C65H106O16P2/c1-4-7-10-13-16-19-22-24-26-28-29-31-33-34-37-39-42-45-48-51-63(68)75-54-60(66)55-77-82(71,72)78-56-61(67)57-79-83(73,74)80-59-62(81-65(70)53-50-47-44-41-36-21-18-15-12-9-6-3)58-76-64(69)52-49-46-43-40-38-35-32-30-27-25-23-20-17-14-11-8-5-2/h7-8,10-11,15-20,24-27,29,31-32,34-35,37,40,43,60-62,66-67H,4-6,9,12-14,21-23,28,30,33,36,38-39,41-42,44-59H2,1-3H3,(H,71,72)(H,73,74)/b10-7-,11-8-,18-15-,19-16-,20-17-,26-24-,27-25-,31-29-,35-32-,37-34-,43-40-. The highest BCUT2D eigenvalue weighted by molar-refractivity contribution is 7.47. The molecule has 5 atom stereocenters. The lowest BCUT2D eigenvalue weighted by Crippen LogP contribution is -2.30. The topological polar surface area (TPSA) is 231 Å². The van der Waals surface area contributed by atoms with E-state index in [4.69, 9.17) is 32.3 Å². The number of carbonyl (C=O) groups is 3. The lowest BCUT2D eigenvalue weighted by atomic mass is 10.1. The fraction of sp³-hybridized carbons (Fsp3) is 0.615. The Labute approximate surface area is 499 Å². The Morgan fingerprint density at radius 3 is 1.08 bits per heavy atom. The fourth-order valence-corrected chi connectivity index (χ4v) is 8.78. The second-order valence-corrected chi connectivity index (χ2v) is 22.6. The van der Waals surface area contributed by atoms with E-state index in [9.17, 15) is 43.5 Å². The van der Waals surface area contributed by atoms with Crippen LogP contribution in [0.15, 0.2) is 134 Å². The van der Waals surface area contributed by atoms with E-state index in [1.54, 1.807) is 0 Å². The molecule has 0 amide bonds. The smallest absolute Gasteiger partial charge is 0.463 e. The van der Waals surface area contributed by atoms with Gasteiger partial charge in [0.05, 0.1) is 26.4 Å². The van der Waals surface area contributed by atoms with Crippen LogP contribution in [0.25, 0.3) is 0 Å². The highest BCUT2D eigenvalue weighted by Gasteiger charge is 2.29. The molecule has 4 N–H and O–H groups in total. The number of aliphatic hydroxyl groups is 2. The van der Waals surface area contributed by atoms with Gasteiger partial charge in [0.25, 0.3) is 0 Å². The Kier molecular flexibility index (Phi) is 55.1. The van der Waals surface area contributed by atoms with E-state index in [1.807, 2.05) is 12.2 Å². The molecule has 0 rings (SSSR count). The number of hydrogen-bond donors (Lipinski definition) is 4. The third kappa shape index (κ3) is 59.2. The summed E-state index contributed by atoms with van der Waals surface area (Å²) in [6, 6.07) is 0. The quantitative estimate of drug-likeness (QED) is 0.0146. The molecule has 0 saturated carbocycles. The van der Waals surface area contributed by atoms with Gasteiger partial charge in [-0.25, -0.2) is 9.13 Å². The van der Waals surface area contributed by atoms with Crippen molar-refractivity contribution in [1.29, 1.82) is 0 Å². The number of esters is 3. The lowest BCUT2D eigenvalue weighted by Gasteiger charge is -2.21. The molecule has 0 fully saturated rings. The first-order valence-electron chi connectivity index (χ1n) is 30.5. The van der Waals surface area contributed by atoms with Crippen LogP contribution in [-0.4, -0.2) is 95.9 Å². The molecule has 0 bridgehead atoms. The molecule has 0 aromatic heterocycles. The molecule has 0 saturated heterocycles. The highest BCUT2D eigenvalue weighted by Crippen LogP contribution is 2.45. The minimum Gasteiger partial charge on any atom is -0.463 e. The molecule has 0 aliphatic rings. The average molecular weight is 1210 g/mol. The number of rotatable bonds is 56. The van der Waals surface area contributed by atoms with E-state index in [1.165, 1.54) is 12.8 Å². The van der Waals surface area contributed by atoms with Crippen molar-refractivity contribution in [2.75, 3.05) is 39.6 Å². The lowest BCUT2D eigenvalue weighted by molar-refractivity contribution is -0.161. The van der Waals surface area contributed by atoms with Crippen LogP contribution in [0.2, 0.25) is 0 Å². The monoisotopic (exact) mass is 1200 g/mol. The fourth-order valence-electron chi connectivity index (χ4n) is 7.20. The Morgan fingerprint density at radius 1 is 0.349 bits per heavy atom. The summed E-state index contributed by atoms with van der Waals surface area (Å²) in [6.07, 6.45) is 65.4. The van der Waals surface area contributed by atoms with Crippen molar-refractivity contribution in [3.63, 3.8) is 0 Å². The maximum Gasteiger partial charge on any atom is 0.472 e. The number of phosphoric acid groups is 2. The van der Waals surface area contributed by atoms with E-state index in [0.29, 0.717) is 25.7 Å². The van der Waals surface area contributed by atoms with Gasteiger partial charge in [-0.2, -0.15) is 0 Å². The van der Waals surface area contributed by atoms with Crippen LogP contribution in [0.3, 0.4) is 0 Å². The van der Waals surface area contributed by atoms with E-state index < -0.39 is 91.5 Å². The highest BCUT2D eigenvalue weighted by atomic mass is 31.2. The summed E-state index contributed by atoms with van der Waals surface area (Å²) in [4.78, 5) is 58.1. The third-order valence-electron chi connectivity index (χ3n) is 11.8. The molecule has 16 nitrogen and oxygen atoms in total. The van der Waals surface area contributed by atoms with Crippen molar-refractivity contribution < 1.29 is 75.8 Å². The van der Waals surface area contributed by atoms with Crippen LogP contribution in [0.5, 0.6) is 0 Å². The van der Waals surface area contributed by atoms with E-state index >= 15 is 0 Å². The van der Waals surface area contributed by atoms with Gasteiger partial charge in [0.2, 0.25) is 0 Å². The van der Waals surface area contributed by atoms with Gasteiger partial charge in [0.15, 0.2) is 6.10 Å². The van der Waals surface area contributed by atoms with Gasteiger partial charge in [-0.05, 0) is 122 Å². The number of aliphatic hydroxyl groups excluding tert-OH is 2. The number of phosphoric ester groups is 2. The summed E-state index contributed by atoms with van der Waals surface area (Å²) in [5.41, 5.74) is 0. The van der Waals surface area contributed by atoms with Crippen molar-refractivity contribution >= 4 is 33.6 Å². The zero-order valence-corrected chi connectivity index (χ0v) is 52.3. The second kappa shape index (κ2) is 58.1. The van der Waals surface area contributed by atoms with Gasteiger partial charge in [0, 0.05) is 19.3 Å². The Morgan fingerprint density at radius 2 is 0.651 bits per heavy atom. The minimum absolute atomic E-state index is 0.0766.